The van der Waals surface area contributed by atoms with Crippen molar-refractivity contribution in [3.05, 3.63) is 526 Å². The maximum atomic E-state index is 12.1. The van der Waals surface area contributed by atoms with Crippen molar-refractivity contribution in [3.8, 4) is 89.5 Å². The molecular weight excluding hydrogens is 1640 g/mol. The van der Waals surface area contributed by atoms with Gasteiger partial charge in [0.25, 0.3) is 11.4 Å². The van der Waals surface area contributed by atoms with Crippen molar-refractivity contribution >= 4 is 110 Å². The first-order valence-corrected chi connectivity index (χ1v) is 45.1. The molecule has 4 aromatic heterocycles. The Balaban J connectivity index is 0.000000147. The maximum absolute atomic E-state index is 12.1. The highest BCUT2D eigenvalue weighted by atomic mass is 16.6. The Bertz CT molecular complexity index is 8260. The van der Waals surface area contributed by atoms with E-state index in [2.05, 4.69) is 407 Å². The molecule has 0 fully saturated rings. The Hall–Kier alpha value is -18.0. The monoisotopic (exact) mass is 1720 g/mol. The summed E-state index contributed by atoms with van der Waals surface area (Å²) in [7, 11) is 0. The van der Waals surface area contributed by atoms with Crippen LogP contribution in [-0.4, -0.2) is 28.1 Å². The number of nitro benzene ring substituents is 2. The van der Waals surface area contributed by atoms with E-state index in [1.165, 1.54) is 87.4 Å². The molecule has 0 spiro atoms. The van der Waals surface area contributed by atoms with Crippen LogP contribution in [0.4, 0.5) is 22.7 Å². The molecule has 26 rings (SSSR count). The molecule has 0 amide bonds. The van der Waals surface area contributed by atoms with Crippen LogP contribution in [-0.2, 0) is 10.8 Å². The van der Waals surface area contributed by atoms with Gasteiger partial charge in [0.05, 0.1) is 64.8 Å². The fraction of sp³-hybridized carbons (Fsp3) is 0.0164. The maximum Gasteiger partial charge on any atom is 0.269 e. The van der Waals surface area contributed by atoms with Gasteiger partial charge in [-0.05, 0) is 257 Å². The van der Waals surface area contributed by atoms with E-state index in [0.29, 0.717) is 0 Å². The number of nitrogen functional groups attached to an aromatic ring is 2. The molecule has 634 valence electrons. The van der Waals surface area contributed by atoms with Crippen LogP contribution in [0.25, 0.3) is 177 Å². The third kappa shape index (κ3) is 12.2. The number of fused-ring (bicyclic) bond motifs is 18. The van der Waals surface area contributed by atoms with Crippen molar-refractivity contribution in [2.45, 2.75) is 10.8 Å². The lowest BCUT2D eigenvalue weighted by Gasteiger charge is -2.34. The smallest absolute Gasteiger partial charge is 0.269 e. The van der Waals surface area contributed by atoms with Crippen molar-refractivity contribution in [1.82, 2.24) is 18.3 Å². The zero-order valence-corrected chi connectivity index (χ0v) is 72.3. The quantitative estimate of drug-likeness (QED) is 0.0627. The minimum absolute atomic E-state index is 0. The van der Waals surface area contributed by atoms with Crippen LogP contribution in [0.15, 0.2) is 461 Å². The van der Waals surface area contributed by atoms with Gasteiger partial charge < -0.3 is 29.7 Å². The number of rotatable bonds is 14. The van der Waals surface area contributed by atoms with Gasteiger partial charge in [-0.1, -0.05) is 291 Å². The predicted octanol–water partition coefficient (Wildman–Crippen LogP) is 30.4. The molecule has 0 saturated heterocycles. The molecule has 0 bridgehead atoms. The van der Waals surface area contributed by atoms with Crippen LogP contribution >= 0.6 is 0 Å². The summed E-state index contributed by atoms with van der Waals surface area (Å²) in [5.41, 5.74) is 47.4. The normalized spacial score (nSPS) is 12.8. The summed E-state index contributed by atoms with van der Waals surface area (Å²) in [5, 5.41) is 34.0. The van der Waals surface area contributed by atoms with E-state index in [9.17, 15) is 20.2 Å². The van der Waals surface area contributed by atoms with Crippen molar-refractivity contribution in [1.29, 1.82) is 0 Å². The third-order valence-electron chi connectivity index (χ3n) is 28.1. The van der Waals surface area contributed by atoms with Gasteiger partial charge in [0, 0.05) is 103 Å². The lowest BCUT2D eigenvalue weighted by molar-refractivity contribution is -0.385. The van der Waals surface area contributed by atoms with E-state index < -0.39 is 10.8 Å². The molecule has 0 atom stereocenters. The molecule has 12 heteroatoms. The highest BCUT2D eigenvalue weighted by molar-refractivity contribution is 6.13. The van der Waals surface area contributed by atoms with E-state index in [4.69, 9.17) is 11.5 Å². The van der Waals surface area contributed by atoms with E-state index in [-0.39, 0.29) is 22.6 Å². The van der Waals surface area contributed by atoms with Gasteiger partial charge in [-0.25, -0.2) is 0 Å². The number of hydrogen-bond acceptors (Lipinski definition) is 6. The zero-order valence-electron chi connectivity index (χ0n) is 72.3. The predicted molar refractivity (Wildman–Crippen MR) is 551 cm³/mol. The lowest BCUT2D eigenvalue weighted by Crippen LogP contribution is -2.28. The molecular formula is C122H82N8O4. The number of nitro groups is 2. The zero-order chi connectivity index (χ0) is 89.6. The number of benzene rings is 20. The van der Waals surface area contributed by atoms with E-state index in [0.717, 1.165) is 145 Å². The molecule has 20 aromatic carbocycles. The topological polar surface area (TPSA) is 158 Å². The van der Waals surface area contributed by atoms with Gasteiger partial charge in [0.2, 0.25) is 0 Å². The summed E-state index contributed by atoms with van der Waals surface area (Å²) < 4.78 is 9.41. The van der Waals surface area contributed by atoms with Crippen molar-refractivity contribution < 1.29 is 11.3 Å². The second-order valence-electron chi connectivity index (χ2n) is 35.1. The summed E-state index contributed by atoms with van der Waals surface area (Å²) in [6.45, 7) is 0. The van der Waals surface area contributed by atoms with Crippen molar-refractivity contribution in [2.24, 2.45) is 0 Å². The molecule has 134 heavy (non-hydrogen) atoms. The van der Waals surface area contributed by atoms with Gasteiger partial charge in [-0.3, -0.25) is 20.2 Å². The molecule has 12 nitrogen and oxygen atoms in total. The minimum Gasteiger partial charge on any atom is -0.399 e. The molecule has 0 saturated carbocycles. The molecule has 0 aliphatic heterocycles. The summed E-state index contributed by atoms with van der Waals surface area (Å²) in [6, 6.07) is 162. The van der Waals surface area contributed by atoms with Gasteiger partial charge >= 0.3 is 0 Å². The molecule has 24 aromatic rings. The van der Waals surface area contributed by atoms with Gasteiger partial charge in [-0.2, -0.15) is 0 Å². The molecule has 0 radical (unpaired) electrons. The Kier molecular flexibility index (Phi) is 18.0. The number of para-hydroxylation sites is 8. The minimum atomic E-state index is -1.05. The number of hydrogen-bond donors (Lipinski definition) is 2. The van der Waals surface area contributed by atoms with Crippen molar-refractivity contribution in [2.75, 3.05) is 11.5 Å². The van der Waals surface area contributed by atoms with Gasteiger partial charge in [0.15, 0.2) is 0 Å². The average molecular weight is 1720 g/mol. The van der Waals surface area contributed by atoms with Crippen LogP contribution in [0.1, 0.15) is 45.9 Å². The van der Waals surface area contributed by atoms with E-state index in [1.807, 2.05) is 48.5 Å². The molecule has 4 N–H and O–H groups in total. The fourth-order valence-electron chi connectivity index (χ4n) is 22.2. The summed E-state index contributed by atoms with van der Waals surface area (Å²) in [4.78, 5) is 23.5. The number of nitrogens with zero attached hydrogens (tertiary/aromatic N) is 6. The number of nitrogens with two attached hydrogens (primary N) is 2. The number of aromatic nitrogens is 4. The summed E-state index contributed by atoms with van der Waals surface area (Å²) in [6.07, 6.45) is 0. The largest absolute Gasteiger partial charge is 0.399 e. The molecule has 2 aliphatic carbocycles. The fourth-order valence-corrected chi connectivity index (χ4v) is 22.2. The second kappa shape index (κ2) is 30.9. The number of non-ortho nitro benzene ring substituents is 2. The Labute approximate surface area is 772 Å². The first-order valence-electron chi connectivity index (χ1n) is 45.1. The van der Waals surface area contributed by atoms with Gasteiger partial charge in [0.1, 0.15) is 0 Å². The van der Waals surface area contributed by atoms with Crippen LogP contribution in [0.3, 0.4) is 0 Å². The number of anilines is 2. The summed E-state index contributed by atoms with van der Waals surface area (Å²) in [5.74, 6) is 0. The molecule has 0 unspecified atom stereocenters. The Morgan fingerprint density at radius 2 is 0.388 bits per heavy atom. The standard InChI is InChI=1S/C61H38N4O4.C61H42N4.H2/c66-64(67)45-29-25-43(26-30-45)61(44-27-31-46(32-28-44)65(68)69)55-37-41(39-11-9-13-47(35-39)62-57-19-5-1-15-51(57)52-16-2-6-20-58(52)62)23-33-49(55)50-34-24-42(38-56(50)61)40-12-10-14-48(36-40)63-59-21-7-3-17-53(59)54-18-4-8-22-60(54)63;62-45-29-25-43(26-30-45)61(44-27-31-46(63)32-28-44)55-37-41(39-11-9-13-47(35-39)64-57-19-5-1-15-51(57)52-16-2-6-20-58(52)64)23-33-49(55)50-34-24-42(38-56(50)61)40-12-10-14-48(36-40)65-59-21-7-3-17-53(59)54-18-4-8-22-60(54)65;/h1-38H;1-38H,62-63H2;1H. The van der Waals surface area contributed by atoms with E-state index >= 15 is 0 Å². The lowest BCUT2D eigenvalue weighted by atomic mass is 9.67. The average Bonchev–Trinajstić information content (AvgIpc) is 1.54. The highest BCUT2D eigenvalue weighted by Crippen LogP contribution is 2.61. The van der Waals surface area contributed by atoms with Crippen LogP contribution < -0.4 is 11.5 Å². The SMILES string of the molecule is Nc1ccc(C2(c3ccc(N)cc3)c3cc(-c4cccc(-n5c6ccccc6c6ccccc65)c4)ccc3-c3ccc(-c4cccc(-n5c6ccccc6c6ccccc65)c4)cc32)cc1.O=[N+]([O-])c1ccc(C2(c3ccc([N+](=O)[O-])cc3)c3cc(-c4cccc(-n5c6ccccc6c6ccccc65)c4)ccc3-c3ccc(-c4cccc(-n5c6ccccc6c6ccccc65)c4)cc32)cc1.[HH]. The van der Waals surface area contributed by atoms with Crippen LogP contribution in [0, 0.1) is 20.2 Å². The molecule has 4 heterocycles. The van der Waals surface area contributed by atoms with E-state index in [1.54, 1.807) is 24.3 Å². The van der Waals surface area contributed by atoms with Crippen molar-refractivity contribution in [3.63, 3.8) is 0 Å². The first-order chi connectivity index (χ1) is 65.9. The third-order valence-corrected chi connectivity index (χ3v) is 28.1. The van der Waals surface area contributed by atoms with Gasteiger partial charge in [-0.15, -0.1) is 0 Å². The van der Waals surface area contributed by atoms with Crippen LogP contribution in [0.2, 0.25) is 0 Å². The second-order valence-corrected chi connectivity index (χ2v) is 35.1. The van der Waals surface area contributed by atoms with Crippen LogP contribution in [0.5, 0.6) is 0 Å². The Morgan fingerprint density at radius 1 is 0.201 bits per heavy atom. The summed E-state index contributed by atoms with van der Waals surface area (Å²) >= 11 is 0. The first kappa shape index (κ1) is 78.3. The Morgan fingerprint density at radius 3 is 0.590 bits per heavy atom. The highest BCUT2D eigenvalue weighted by Gasteiger charge is 2.49. The molecule has 2 aliphatic rings.